The van der Waals surface area contributed by atoms with Gasteiger partial charge in [0.25, 0.3) is 0 Å². The van der Waals surface area contributed by atoms with Crippen LogP contribution < -0.4 is 0 Å². The van der Waals surface area contributed by atoms with Crippen molar-refractivity contribution in [3.63, 3.8) is 0 Å². The topological polar surface area (TPSA) is 63.7 Å². The first-order valence-corrected chi connectivity index (χ1v) is 12.3. The standard InChI is InChI=1S/C25H31NO4S/c1-8-20-18-13-24(4,5)21-16(3)23(27)30-25(6,7)22(21)19(18)14-26(20)31(28,29)17-11-9-15(2)10-12-17/h9-13,20H,8,14H2,1-7H3/t20-/m1/s1. The van der Waals surface area contributed by atoms with Crippen LogP contribution in [0.15, 0.2) is 63.1 Å². The Kier molecular flexibility index (Phi) is 4.91. The number of hydrogen-bond acceptors (Lipinski definition) is 4. The van der Waals surface area contributed by atoms with E-state index in [0.717, 1.165) is 27.9 Å². The molecule has 5 nitrogen and oxygen atoms in total. The van der Waals surface area contributed by atoms with Gasteiger partial charge >= 0.3 is 5.97 Å². The number of carbonyl (C=O) groups excluding carboxylic acids is 1. The lowest BCUT2D eigenvalue weighted by Crippen LogP contribution is -2.42. The van der Waals surface area contributed by atoms with Crippen LogP contribution in [0.1, 0.15) is 53.5 Å². The molecule has 0 N–H and O–H groups in total. The Labute approximate surface area is 185 Å². The number of aryl methyl sites for hydroxylation is 1. The summed E-state index contributed by atoms with van der Waals surface area (Å²) in [6.07, 6.45) is 2.83. The molecule has 1 fully saturated rings. The molecule has 1 aromatic carbocycles. The number of allylic oxidation sites excluding steroid dienone is 1. The summed E-state index contributed by atoms with van der Waals surface area (Å²) in [4.78, 5) is 12.9. The van der Waals surface area contributed by atoms with Gasteiger partial charge in [-0.05, 0) is 63.0 Å². The van der Waals surface area contributed by atoms with Gasteiger partial charge in [-0.3, -0.25) is 0 Å². The number of rotatable bonds is 3. The number of nitrogens with zero attached hydrogens (tertiary/aromatic N) is 1. The third-order valence-electron chi connectivity index (χ3n) is 6.73. The first-order valence-electron chi connectivity index (χ1n) is 10.8. The second-order valence-corrected chi connectivity index (χ2v) is 11.8. The molecule has 0 aromatic heterocycles. The van der Waals surface area contributed by atoms with Gasteiger partial charge in [-0.15, -0.1) is 0 Å². The zero-order valence-electron chi connectivity index (χ0n) is 19.4. The summed E-state index contributed by atoms with van der Waals surface area (Å²) < 4.78 is 34.7. The number of hydrogen-bond donors (Lipinski definition) is 0. The highest BCUT2D eigenvalue weighted by atomic mass is 32.2. The van der Waals surface area contributed by atoms with Crippen LogP contribution in [-0.2, 0) is 19.6 Å². The number of ether oxygens (including phenoxy) is 1. The molecule has 0 unspecified atom stereocenters. The first kappa shape index (κ1) is 22.0. The Morgan fingerprint density at radius 2 is 1.68 bits per heavy atom. The molecule has 1 atom stereocenters. The Hall–Kier alpha value is -2.18. The van der Waals surface area contributed by atoms with Gasteiger partial charge in [0.15, 0.2) is 0 Å². The number of carbonyl (C=O) groups is 1. The summed E-state index contributed by atoms with van der Waals surface area (Å²) in [5.74, 6) is -0.302. The van der Waals surface area contributed by atoms with E-state index in [1.807, 2.05) is 39.8 Å². The summed E-state index contributed by atoms with van der Waals surface area (Å²) in [7, 11) is -3.68. The Morgan fingerprint density at radius 1 is 1.06 bits per heavy atom. The predicted molar refractivity (Wildman–Crippen MR) is 121 cm³/mol. The number of benzene rings is 1. The van der Waals surface area contributed by atoms with Crippen molar-refractivity contribution in [2.45, 2.75) is 71.4 Å². The fraction of sp³-hybridized carbons (Fsp3) is 0.480. The zero-order valence-corrected chi connectivity index (χ0v) is 20.2. The number of sulfonamides is 1. The van der Waals surface area contributed by atoms with E-state index in [0.29, 0.717) is 16.9 Å². The van der Waals surface area contributed by atoms with Gasteiger partial charge in [0.1, 0.15) is 5.60 Å². The molecular formula is C25H31NO4S. The van der Waals surface area contributed by atoms with Crippen molar-refractivity contribution < 1.29 is 17.9 Å². The lowest BCUT2D eigenvalue weighted by atomic mass is 9.65. The molecule has 1 saturated heterocycles. The van der Waals surface area contributed by atoms with Crippen LogP contribution in [0.25, 0.3) is 0 Å². The highest BCUT2D eigenvalue weighted by Crippen LogP contribution is 2.54. The molecule has 3 aliphatic rings. The molecule has 31 heavy (non-hydrogen) atoms. The van der Waals surface area contributed by atoms with Crippen molar-refractivity contribution in [3.8, 4) is 0 Å². The Balaban J connectivity index is 1.94. The minimum absolute atomic E-state index is 0.247. The van der Waals surface area contributed by atoms with Gasteiger partial charge in [0, 0.05) is 23.1 Å². The van der Waals surface area contributed by atoms with Gasteiger partial charge in [-0.25, -0.2) is 13.2 Å². The minimum Gasteiger partial charge on any atom is -0.451 e. The van der Waals surface area contributed by atoms with E-state index >= 15 is 0 Å². The molecule has 0 bridgehead atoms. The van der Waals surface area contributed by atoms with Gasteiger partial charge < -0.3 is 4.74 Å². The SMILES string of the molecule is CC[C@@H]1C2=CC(C)(C)C3=C(C)C(=O)OC(C)(C)C3=C2CN1S(=O)(=O)c1ccc(C)cc1. The van der Waals surface area contributed by atoms with Crippen LogP contribution in [0.3, 0.4) is 0 Å². The van der Waals surface area contributed by atoms with Crippen molar-refractivity contribution in [2.24, 2.45) is 5.41 Å². The lowest BCUT2D eigenvalue weighted by Gasteiger charge is -2.44. The molecule has 166 valence electrons. The van der Waals surface area contributed by atoms with Gasteiger partial charge in [0.2, 0.25) is 10.0 Å². The molecule has 1 aliphatic carbocycles. The van der Waals surface area contributed by atoms with Crippen LogP contribution in [0.2, 0.25) is 0 Å². The normalized spacial score (nSPS) is 25.2. The second-order valence-electron chi connectivity index (χ2n) is 9.86. The number of cyclic esters (lactones) is 1. The van der Waals surface area contributed by atoms with Crippen molar-refractivity contribution >= 4 is 16.0 Å². The molecule has 2 heterocycles. The maximum absolute atomic E-state index is 13.6. The average molecular weight is 442 g/mol. The Morgan fingerprint density at radius 3 is 2.26 bits per heavy atom. The summed E-state index contributed by atoms with van der Waals surface area (Å²) in [6.45, 7) is 14.0. The summed E-state index contributed by atoms with van der Waals surface area (Å²) in [6, 6.07) is 6.77. The zero-order chi connectivity index (χ0) is 22.9. The fourth-order valence-corrected chi connectivity index (χ4v) is 7.02. The predicted octanol–water partition coefficient (Wildman–Crippen LogP) is 4.69. The monoisotopic (exact) mass is 441 g/mol. The lowest BCUT2D eigenvalue weighted by molar-refractivity contribution is -0.149. The fourth-order valence-electron chi connectivity index (χ4n) is 5.37. The summed E-state index contributed by atoms with van der Waals surface area (Å²) >= 11 is 0. The largest absolute Gasteiger partial charge is 0.451 e. The van der Waals surface area contributed by atoms with E-state index in [-0.39, 0.29) is 18.6 Å². The minimum atomic E-state index is -3.68. The molecule has 1 aromatic rings. The van der Waals surface area contributed by atoms with E-state index in [2.05, 4.69) is 19.9 Å². The van der Waals surface area contributed by atoms with Crippen LogP contribution >= 0.6 is 0 Å². The van der Waals surface area contributed by atoms with E-state index in [1.54, 1.807) is 23.4 Å². The van der Waals surface area contributed by atoms with Crippen molar-refractivity contribution in [2.75, 3.05) is 6.54 Å². The Bertz CT molecular complexity index is 1160. The molecule has 0 amide bonds. The van der Waals surface area contributed by atoms with Gasteiger partial charge in [-0.1, -0.05) is 44.5 Å². The van der Waals surface area contributed by atoms with E-state index in [4.69, 9.17) is 4.74 Å². The van der Waals surface area contributed by atoms with Crippen LogP contribution in [-0.4, -0.2) is 36.9 Å². The van der Waals surface area contributed by atoms with E-state index < -0.39 is 21.0 Å². The molecular weight excluding hydrogens is 410 g/mol. The molecule has 4 rings (SSSR count). The molecule has 0 spiro atoms. The van der Waals surface area contributed by atoms with Crippen LogP contribution in [0.5, 0.6) is 0 Å². The maximum atomic E-state index is 13.6. The van der Waals surface area contributed by atoms with E-state index in [9.17, 15) is 13.2 Å². The van der Waals surface area contributed by atoms with Gasteiger partial charge in [0.05, 0.1) is 10.9 Å². The number of esters is 1. The van der Waals surface area contributed by atoms with Crippen LogP contribution in [0.4, 0.5) is 0 Å². The summed E-state index contributed by atoms with van der Waals surface area (Å²) in [5, 5.41) is 0. The van der Waals surface area contributed by atoms with E-state index in [1.165, 1.54) is 0 Å². The second kappa shape index (κ2) is 6.91. The number of fused-ring (bicyclic) bond motifs is 2. The maximum Gasteiger partial charge on any atom is 0.334 e. The first-order chi connectivity index (χ1) is 14.3. The van der Waals surface area contributed by atoms with Crippen molar-refractivity contribution in [3.05, 3.63) is 63.8 Å². The molecule has 2 aliphatic heterocycles. The van der Waals surface area contributed by atoms with Crippen LogP contribution in [0, 0.1) is 12.3 Å². The molecule has 0 radical (unpaired) electrons. The molecule has 0 saturated carbocycles. The third-order valence-corrected chi connectivity index (χ3v) is 8.60. The smallest absolute Gasteiger partial charge is 0.334 e. The molecule has 6 heteroatoms. The van der Waals surface area contributed by atoms with Crippen molar-refractivity contribution in [1.82, 2.24) is 4.31 Å². The quantitative estimate of drug-likeness (QED) is 0.638. The highest BCUT2D eigenvalue weighted by Gasteiger charge is 2.51. The summed E-state index contributed by atoms with van der Waals surface area (Å²) in [5.41, 5.74) is 4.37. The van der Waals surface area contributed by atoms with Gasteiger partial charge in [-0.2, -0.15) is 4.31 Å². The average Bonchev–Trinajstić information content (AvgIpc) is 3.02. The third kappa shape index (κ3) is 3.23. The van der Waals surface area contributed by atoms with Crippen molar-refractivity contribution in [1.29, 1.82) is 0 Å². The highest BCUT2D eigenvalue weighted by molar-refractivity contribution is 7.89.